The van der Waals surface area contributed by atoms with Gasteiger partial charge in [0.15, 0.2) is 0 Å². The van der Waals surface area contributed by atoms with Gasteiger partial charge in [-0.1, -0.05) is 0 Å². The quantitative estimate of drug-likeness (QED) is 0.678. The molecule has 1 aliphatic rings. The fourth-order valence-corrected chi connectivity index (χ4v) is 2.10. The van der Waals surface area contributed by atoms with Crippen LogP contribution in [0.3, 0.4) is 0 Å². The maximum Gasteiger partial charge on any atom is 0.258 e. The summed E-state index contributed by atoms with van der Waals surface area (Å²) >= 11 is 0. The van der Waals surface area contributed by atoms with Crippen molar-refractivity contribution < 1.29 is 4.79 Å². The number of carbonyl (C=O) groups is 1. The molecule has 1 amide bonds. The largest absolute Gasteiger partial charge is 0.369 e. The van der Waals surface area contributed by atoms with E-state index in [4.69, 9.17) is 11.5 Å². The van der Waals surface area contributed by atoms with E-state index in [1.54, 1.807) is 0 Å². The molecule has 1 saturated heterocycles. The molecule has 0 aromatic carbocycles. The molecule has 10 heteroatoms. The SMILES string of the molecule is NC(=O)C1CCN(c2nc(N)nc(-n3cncn3)n2)C1. The molecule has 10 nitrogen and oxygen atoms in total. The predicted molar refractivity (Wildman–Crippen MR) is 68.7 cm³/mol. The van der Waals surface area contributed by atoms with Crippen molar-refractivity contribution >= 4 is 17.8 Å². The van der Waals surface area contributed by atoms with Gasteiger partial charge in [0.2, 0.25) is 17.8 Å². The average Bonchev–Trinajstić information content (AvgIpc) is 3.10. The van der Waals surface area contributed by atoms with Crippen molar-refractivity contribution in [1.29, 1.82) is 0 Å². The van der Waals surface area contributed by atoms with Crippen LogP contribution in [0.5, 0.6) is 0 Å². The maximum absolute atomic E-state index is 11.2. The molecular weight excluding hydrogens is 262 g/mol. The number of hydrogen-bond acceptors (Lipinski definition) is 8. The fraction of sp³-hybridized carbons (Fsp3) is 0.400. The Morgan fingerprint density at radius 3 is 2.75 bits per heavy atom. The second-order valence-electron chi connectivity index (χ2n) is 4.47. The number of amides is 1. The van der Waals surface area contributed by atoms with Gasteiger partial charge in [0.1, 0.15) is 12.7 Å². The van der Waals surface area contributed by atoms with Crippen molar-refractivity contribution in [2.75, 3.05) is 23.7 Å². The lowest BCUT2D eigenvalue weighted by atomic mass is 10.1. The molecule has 2 aromatic heterocycles. The van der Waals surface area contributed by atoms with Crippen LogP contribution in [0.4, 0.5) is 11.9 Å². The zero-order valence-corrected chi connectivity index (χ0v) is 10.5. The summed E-state index contributed by atoms with van der Waals surface area (Å²) in [4.78, 5) is 29.2. The molecule has 1 atom stereocenters. The van der Waals surface area contributed by atoms with Crippen molar-refractivity contribution in [1.82, 2.24) is 29.7 Å². The lowest BCUT2D eigenvalue weighted by Crippen LogP contribution is -2.28. The lowest BCUT2D eigenvalue weighted by molar-refractivity contribution is -0.121. The van der Waals surface area contributed by atoms with Crippen LogP contribution in [0, 0.1) is 5.92 Å². The second-order valence-corrected chi connectivity index (χ2v) is 4.47. The minimum absolute atomic E-state index is 0.0861. The molecule has 4 N–H and O–H groups in total. The highest BCUT2D eigenvalue weighted by Crippen LogP contribution is 2.21. The number of primary amides is 1. The van der Waals surface area contributed by atoms with Crippen LogP contribution < -0.4 is 16.4 Å². The van der Waals surface area contributed by atoms with Gasteiger partial charge >= 0.3 is 0 Å². The predicted octanol–water partition coefficient (Wildman–Crippen LogP) is -1.65. The summed E-state index contributed by atoms with van der Waals surface area (Å²) in [5, 5.41) is 3.94. The Balaban J connectivity index is 1.89. The zero-order chi connectivity index (χ0) is 14.1. The normalized spacial score (nSPS) is 18.4. The van der Waals surface area contributed by atoms with Gasteiger partial charge in [-0.15, -0.1) is 0 Å². The first-order valence-corrected chi connectivity index (χ1v) is 6.04. The van der Waals surface area contributed by atoms with Crippen molar-refractivity contribution in [3.63, 3.8) is 0 Å². The molecule has 0 spiro atoms. The van der Waals surface area contributed by atoms with Gasteiger partial charge in [0, 0.05) is 13.1 Å². The summed E-state index contributed by atoms with van der Waals surface area (Å²) in [5.41, 5.74) is 11.0. The topological polar surface area (TPSA) is 142 Å². The molecular formula is C10H13N9O. The molecule has 1 aliphatic heterocycles. The van der Waals surface area contributed by atoms with Crippen LogP contribution in [-0.2, 0) is 4.79 Å². The third-order valence-electron chi connectivity index (χ3n) is 3.13. The van der Waals surface area contributed by atoms with E-state index >= 15 is 0 Å². The standard InChI is InChI=1S/C10H13N9O/c11-7(20)6-1-2-18(3-6)9-15-8(12)16-10(17-9)19-5-13-4-14-19/h4-6H,1-3H2,(H2,11,20)(H2,12,15,16,17). The molecule has 0 aliphatic carbocycles. The van der Waals surface area contributed by atoms with Crippen molar-refractivity contribution in [3.05, 3.63) is 12.7 Å². The Bertz CT molecular complexity index is 626. The number of nitrogens with two attached hydrogens (primary N) is 2. The minimum atomic E-state index is -0.314. The molecule has 1 unspecified atom stereocenters. The molecule has 0 bridgehead atoms. The Labute approximate surface area is 113 Å². The Kier molecular flexibility index (Phi) is 2.89. The van der Waals surface area contributed by atoms with Gasteiger partial charge in [-0.05, 0) is 6.42 Å². The van der Waals surface area contributed by atoms with E-state index in [-0.39, 0.29) is 23.7 Å². The number of nitrogens with zero attached hydrogens (tertiary/aromatic N) is 7. The number of rotatable bonds is 3. The Hall–Kier alpha value is -2.78. The molecule has 104 valence electrons. The molecule has 1 fully saturated rings. The number of carbonyl (C=O) groups excluding carboxylic acids is 1. The van der Waals surface area contributed by atoms with E-state index in [1.807, 2.05) is 4.90 Å². The number of aromatic nitrogens is 6. The minimum Gasteiger partial charge on any atom is -0.369 e. The Morgan fingerprint density at radius 1 is 1.30 bits per heavy atom. The highest BCUT2D eigenvalue weighted by atomic mass is 16.1. The number of nitrogen functional groups attached to an aromatic ring is 1. The van der Waals surface area contributed by atoms with Gasteiger partial charge in [-0.2, -0.15) is 24.7 Å². The first kappa shape index (κ1) is 12.3. The third-order valence-corrected chi connectivity index (χ3v) is 3.13. The van der Waals surface area contributed by atoms with E-state index in [0.29, 0.717) is 25.5 Å². The summed E-state index contributed by atoms with van der Waals surface area (Å²) in [5.74, 6) is 0.274. The van der Waals surface area contributed by atoms with E-state index in [1.165, 1.54) is 17.3 Å². The van der Waals surface area contributed by atoms with Crippen LogP contribution in [0.2, 0.25) is 0 Å². The smallest absolute Gasteiger partial charge is 0.258 e. The molecule has 0 radical (unpaired) electrons. The first-order chi connectivity index (χ1) is 9.63. The summed E-state index contributed by atoms with van der Waals surface area (Å²) in [6.45, 7) is 1.13. The lowest BCUT2D eigenvalue weighted by Gasteiger charge is -2.16. The molecule has 3 rings (SSSR count). The summed E-state index contributed by atoms with van der Waals surface area (Å²) in [6.07, 6.45) is 3.52. The monoisotopic (exact) mass is 275 g/mol. The van der Waals surface area contributed by atoms with Crippen molar-refractivity contribution in [2.24, 2.45) is 11.7 Å². The highest BCUT2D eigenvalue weighted by molar-refractivity contribution is 5.78. The average molecular weight is 275 g/mol. The van der Waals surface area contributed by atoms with Crippen LogP contribution in [-0.4, -0.2) is 48.7 Å². The van der Waals surface area contributed by atoms with Gasteiger partial charge in [-0.3, -0.25) is 4.79 Å². The maximum atomic E-state index is 11.2. The summed E-state index contributed by atoms with van der Waals surface area (Å²) in [6, 6.07) is 0. The van der Waals surface area contributed by atoms with Crippen LogP contribution in [0.25, 0.3) is 5.95 Å². The second kappa shape index (κ2) is 4.72. The van der Waals surface area contributed by atoms with Gasteiger partial charge in [0.25, 0.3) is 5.95 Å². The van der Waals surface area contributed by atoms with E-state index < -0.39 is 0 Å². The van der Waals surface area contributed by atoms with E-state index in [2.05, 4.69) is 25.0 Å². The molecule has 0 saturated carbocycles. The highest BCUT2D eigenvalue weighted by Gasteiger charge is 2.28. The summed E-state index contributed by atoms with van der Waals surface area (Å²) in [7, 11) is 0. The number of anilines is 2. The Morgan fingerprint density at radius 2 is 2.10 bits per heavy atom. The molecule has 3 heterocycles. The van der Waals surface area contributed by atoms with Crippen molar-refractivity contribution in [2.45, 2.75) is 6.42 Å². The van der Waals surface area contributed by atoms with Crippen LogP contribution in [0.15, 0.2) is 12.7 Å². The van der Waals surface area contributed by atoms with Crippen LogP contribution >= 0.6 is 0 Å². The molecule has 2 aromatic rings. The third kappa shape index (κ3) is 2.22. The van der Waals surface area contributed by atoms with E-state index in [0.717, 1.165) is 0 Å². The first-order valence-electron chi connectivity index (χ1n) is 6.04. The van der Waals surface area contributed by atoms with Crippen LogP contribution in [0.1, 0.15) is 6.42 Å². The van der Waals surface area contributed by atoms with Gasteiger partial charge in [-0.25, -0.2) is 4.98 Å². The fourth-order valence-electron chi connectivity index (χ4n) is 2.10. The van der Waals surface area contributed by atoms with Gasteiger partial charge < -0.3 is 16.4 Å². The number of hydrogen-bond donors (Lipinski definition) is 2. The summed E-state index contributed by atoms with van der Waals surface area (Å²) < 4.78 is 1.39. The van der Waals surface area contributed by atoms with Crippen molar-refractivity contribution in [3.8, 4) is 5.95 Å². The molecule has 20 heavy (non-hydrogen) atoms. The van der Waals surface area contributed by atoms with Gasteiger partial charge in [0.05, 0.1) is 5.92 Å². The van der Waals surface area contributed by atoms with E-state index in [9.17, 15) is 4.79 Å². The zero-order valence-electron chi connectivity index (χ0n) is 10.5.